The van der Waals surface area contributed by atoms with E-state index in [2.05, 4.69) is 48.1 Å². The summed E-state index contributed by atoms with van der Waals surface area (Å²) in [5.41, 5.74) is 6.94. The molecule has 1 aromatic heterocycles. The summed E-state index contributed by atoms with van der Waals surface area (Å²) in [5, 5.41) is 5.76. The summed E-state index contributed by atoms with van der Waals surface area (Å²) in [6.07, 6.45) is 2.64. The van der Waals surface area contributed by atoms with Crippen LogP contribution in [0.15, 0.2) is 46.8 Å². The number of amides is 1. The van der Waals surface area contributed by atoms with E-state index >= 15 is 0 Å². The van der Waals surface area contributed by atoms with Crippen LogP contribution in [0, 0.1) is 13.8 Å². The molecule has 0 bridgehead atoms. The van der Waals surface area contributed by atoms with Crippen LogP contribution in [0.4, 0.5) is 5.69 Å². The van der Waals surface area contributed by atoms with Crippen molar-refractivity contribution in [3.05, 3.63) is 69.0 Å². The van der Waals surface area contributed by atoms with Gasteiger partial charge in [-0.3, -0.25) is 4.79 Å². The fraction of sp³-hybridized carbons (Fsp3) is 0.292. The number of benzene rings is 2. The van der Waals surface area contributed by atoms with Gasteiger partial charge in [0.05, 0.1) is 22.7 Å². The quantitative estimate of drug-likeness (QED) is 0.433. The SMILES string of the molecule is CCN(C)/C=N/c1cc(C)c(Cc2nc(-c3ccccc3C(=O)NC)cs2)cc1C. The number of carbonyl (C=O) groups excluding carboxylic acids is 1. The topological polar surface area (TPSA) is 57.6 Å². The second-order valence-corrected chi connectivity index (χ2v) is 8.25. The van der Waals surface area contributed by atoms with Crippen molar-refractivity contribution >= 4 is 29.3 Å². The Morgan fingerprint density at radius 1 is 1.23 bits per heavy atom. The van der Waals surface area contributed by atoms with Crippen LogP contribution < -0.4 is 5.32 Å². The Labute approximate surface area is 182 Å². The maximum Gasteiger partial charge on any atom is 0.251 e. The molecule has 0 saturated heterocycles. The van der Waals surface area contributed by atoms with Gasteiger partial charge in [-0.2, -0.15) is 0 Å². The predicted molar refractivity (Wildman–Crippen MR) is 126 cm³/mol. The van der Waals surface area contributed by atoms with E-state index in [0.29, 0.717) is 5.56 Å². The van der Waals surface area contributed by atoms with Crippen molar-refractivity contribution in [2.45, 2.75) is 27.2 Å². The molecule has 0 unspecified atom stereocenters. The van der Waals surface area contributed by atoms with Gasteiger partial charge >= 0.3 is 0 Å². The minimum Gasteiger partial charge on any atom is -0.366 e. The highest BCUT2D eigenvalue weighted by Crippen LogP contribution is 2.29. The highest BCUT2D eigenvalue weighted by molar-refractivity contribution is 7.10. The van der Waals surface area contributed by atoms with Crippen molar-refractivity contribution in [2.75, 3.05) is 20.6 Å². The number of hydrogen-bond acceptors (Lipinski definition) is 4. The molecule has 1 heterocycles. The first-order valence-corrected chi connectivity index (χ1v) is 10.9. The molecule has 0 spiro atoms. The minimum absolute atomic E-state index is 0.100. The van der Waals surface area contributed by atoms with Gasteiger partial charge in [0.25, 0.3) is 5.91 Å². The average Bonchev–Trinajstić information content (AvgIpc) is 3.22. The Kier molecular flexibility index (Phi) is 7.00. The monoisotopic (exact) mass is 420 g/mol. The summed E-state index contributed by atoms with van der Waals surface area (Å²) < 4.78 is 0. The van der Waals surface area contributed by atoms with Crippen LogP contribution in [0.3, 0.4) is 0 Å². The number of thiazole rings is 1. The first kappa shape index (κ1) is 21.7. The highest BCUT2D eigenvalue weighted by atomic mass is 32.1. The molecule has 0 radical (unpaired) electrons. The number of aliphatic imine (C=N–C) groups is 1. The van der Waals surface area contributed by atoms with Crippen molar-refractivity contribution in [2.24, 2.45) is 4.99 Å². The van der Waals surface area contributed by atoms with Crippen molar-refractivity contribution in [3.8, 4) is 11.3 Å². The predicted octanol–water partition coefficient (Wildman–Crippen LogP) is 4.99. The van der Waals surface area contributed by atoms with E-state index in [4.69, 9.17) is 4.98 Å². The van der Waals surface area contributed by atoms with Gasteiger partial charge in [-0.25, -0.2) is 9.98 Å². The summed E-state index contributed by atoms with van der Waals surface area (Å²) in [6, 6.07) is 11.9. The number of aryl methyl sites for hydroxylation is 2. The Morgan fingerprint density at radius 2 is 2.00 bits per heavy atom. The minimum atomic E-state index is -0.100. The van der Waals surface area contributed by atoms with Crippen LogP contribution in [0.1, 0.15) is 39.0 Å². The van der Waals surface area contributed by atoms with Gasteiger partial charge in [-0.1, -0.05) is 24.3 Å². The molecule has 0 aliphatic rings. The van der Waals surface area contributed by atoms with Gasteiger partial charge in [0, 0.05) is 43.6 Å². The van der Waals surface area contributed by atoms with Crippen LogP contribution in [0.5, 0.6) is 0 Å². The summed E-state index contributed by atoms with van der Waals surface area (Å²) >= 11 is 1.62. The van der Waals surface area contributed by atoms with Gasteiger partial charge < -0.3 is 10.2 Å². The third kappa shape index (κ3) is 4.94. The molecule has 0 aliphatic carbocycles. The van der Waals surface area contributed by atoms with Crippen molar-refractivity contribution in [1.29, 1.82) is 0 Å². The molecule has 156 valence electrons. The van der Waals surface area contributed by atoms with Crippen molar-refractivity contribution in [1.82, 2.24) is 15.2 Å². The van der Waals surface area contributed by atoms with Gasteiger partial charge in [0.15, 0.2) is 0 Å². The van der Waals surface area contributed by atoms with Crippen LogP contribution in [0.25, 0.3) is 11.3 Å². The number of nitrogens with one attached hydrogen (secondary N) is 1. The maximum atomic E-state index is 12.2. The van der Waals surface area contributed by atoms with E-state index in [9.17, 15) is 4.79 Å². The molecule has 3 aromatic rings. The lowest BCUT2D eigenvalue weighted by molar-refractivity contribution is 0.0963. The Hall–Kier alpha value is -2.99. The van der Waals surface area contributed by atoms with E-state index in [1.807, 2.05) is 43.0 Å². The molecule has 1 N–H and O–H groups in total. The van der Waals surface area contributed by atoms with E-state index in [-0.39, 0.29) is 5.91 Å². The zero-order chi connectivity index (χ0) is 21.7. The van der Waals surface area contributed by atoms with Gasteiger partial charge in [0.2, 0.25) is 0 Å². The Balaban J connectivity index is 1.84. The van der Waals surface area contributed by atoms with E-state index in [1.54, 1.807) is 18.4 Å². The van der Waals surface area contributed by atoms with Crippen molar-refractivity contribution in [3.63, 3.8) is 0 Å². The molecular formula is C24H28N4OS. The fourth-order valence-electron chi connectivity index (χ4n) is 3.15. The van der Waals surface area contributed by atoms with E-state index in [1.165, 1.54) is 11.1 Å². The molecular weight excluding hydrogens is 392 g/mol. The zero-order valence-corrected chi connectivity index (χ0v) is 19.0. The number of rotatable bonds is 7. The van der Waals surface area contributed by atoms with Gasteiger partial charge in [-0.05, 0) is 49.6 Å². The number of aromatic nitrogens is 1. The van der Waals surface area contributed by atoms with Gasteiger partial charge in [-0.15, -0.1) is 11.3 Å². The summed E-state index contributed by atoms with van der Waals surface area (Å²) in [4.78, 5) is 23.7. The molecule has 30 heavy (non-hydrogen) atoms. The average molecular weight is 421 g/mol. The summed E-state index contributed by atoms with van der Waals surface area (Å²) in [7, 11) is 3.66. The molecule has 5 nitrogen and oxygen atoms in total. The van der Waals surface area contributed by atoms with E-state index < -0.39 is 0 Å². The second kappa shape index (κ2) is 9.67. The largest absolute Gasteiger partial charge is 0.366 e. The standard InChI is InChI=1S/C24H28N4OS/c1-6-28(5)15-26-21-12-16(2)18(11-17(21)3)13-23-27-22(14-30-23)19-9-7-8-10-20(19)24(29)25-4/h7-12,14-15H,6,13H2,1-5H3,(H,25,29)/b26-15+. The van der Waals surface area contributed by atoms with Crippen LogP contribution in [-0.4, -0.2) is 42.8 Å². The molecule has 2 aromatic carbocycles. The molecule has 6 heteroatoms. The molecule has 0 saturated carbocycles. The second-order valence-electron chi connectivity index (χ2n) is 7.31. The van der Waals surface area contributed by atoms with Crippen molar-refractivity contribution < 1.29 is 4.79 Å². The smallest absolute Gasteiger partial charge is 0.251 e. The number of nitrogens with zero attached hydrogens (tertiary/aromatic N) is 3. The van der Waals surface area contributed by atoms with Crippen LogP contribution >= 0.6 is 11.3 Å². The maximum absolute atomic E-state index is 12.2. The van der Waals surface area contributed by atoms with Crippen LogP contribution in [0.2, 0.25) is 0 Å². The first-order chi connectivity index (χ1) is 14.4. The summed E-state index contributed by atoms with van der Waals surface area (Å²) in [5.74, 6) is -0.100. The molecule has 0 atom stereocenters. The van der Waals surface area contributed by atoms with Gasteiger partial charge in [0.1, 0.15) is 0 Å². The molecule has 3 rings (SSSR count). The Bertz CT molecular complexity index is 1070. The molecule has 0 fully saturated rings. The first-order valence-electron chi connectivity index (χ1n) is 10.0. The lowest BCUT2D eigenvalue weighted by Crippen LogP contribution is -2.18. The highest BCUT2D eigenvalue weighted by Gasteiger charge is 2.14. The normalized spacial score (nSPS) is 11.1. The lowest BCUT2D eigenvalue weighted by Gasteiger charge is -2.11. The lowest BCUT2D eigenvalue weighted by atomic mass is 10.0. The fourth-order valence-corrected chi connectivity index (χ4v) is 3.97. The molecule has 1 amide bonds. The third-order valence-electron chi connectivity index (χ3n) is 5.12. The number of hydrogen-bond donors (Lipinski definition) is 1. The molecule has 0 aliphatic heterocycles. The summed E-state index contributed by atoms with van der Waals surface area (Å²) in [6.45, 7) is 7.23. The Morgan fingerprint density at radius 3 is 2.73 bits per heavy atom. The third-order valence-corrected chi connectivity index (χ3v) is 5.96. The van der Waals surface area contributed by atoms with Crippen LogP contribution in [-0.2, 0) is 6.42 Å². The zero-order valence-electron chi connectivity index (χ0n) is 18.2. The number of carbonyl (C=O) groups is 1. The van der Waals surface area contributed by atoms with E-state index in [0.717, 1.165) is 40.5 Å².